The molecule has 2 amide bonds. The maximum absolute atomic E-state index is 13.8. The molecule has 2 aromatic carbocycles. The maximum Gasteiger partial charge on any atom is 0.322 e. The Balaban J connectivity index is 1.53. The Morgan fingerprint density at radius 2 is 1.97 bits per heavy atom. The zero-order valence-corrected chi connectivity index (χ0v) is 17.0. The number of carbonyl (C=O) groups is 1. The lowest BCUT2D eigenvalue weighted by Crippen LogP contribution is -2.45. The fourth-order valence-electron chi connectivity index (χ4n) is 3.97. The Labute approximate surface area is 170 Å². The SMILES string of the molecule is Cc1cc2nc(CCN(C(=O)NC3CCCC3)c3cccc(F)c3)[nH]c2cc1C. The molecule has 2 N–H and O–H groups in total. The molecule has 1 fully saturated rings. The van der Waals surface area contributed by atoms with Crippen LogP contribution in [0.5, 0.6) is 0 Å². The second-order valence-corrected chi connectivity index (χ2v) is 7.95. The molecule has 152 valence electrons. The highest BCUT2D eigenvalue weighted by atomic mass is 19.1. The van der Waals surface area contributed by atoms with Crippen molar-refractivity contribution in [2.45, 2.75) is 52.0 Å². The molecule has 1 saturated carbocycles. The number of amides is 2. The largest absolute Gasteiger partial charge is 0.342 e. The number of imidazole rings is 1. The highest BCUT2D eigenvalue weighted by molar-refractivity contribution is 5.92. The third kappa shape index (κ3) is 4.42. The van der Waals surface area contributed by atoms with Crippen LogP contribution in [0.25, 0.3) is 11.0 Å². The molecular weight excluding hydrogens is 367 g/mol. The fourth-order valence-corrected chi connectivity index (χ4v) is 3.97. The van der Waals surface area contributed by atoms with Gasteiger partial charge in [-0.2, -0.15) is 0 Å². The van der Waals surface area contributed by atoms with Crippen molar-refractivity contribution in [2.24, 2.45) is 0 Å². The standard InChI is InChI=1S/C23H27FN4O/c1-15-12-20-21(13-16(15)2)27-22(26-20)10-11-28(19-9-5-6-17(24)14-19)23(29)25-18-7-3-4-8-18/h5-6,9,12-14,18H,3-4,7-8,10-11H2,1-2H3,(H,25,29)(H,26,27). The fraction of sp³-hybridized carbons (Fsp3) is 0.391. The summed E-state index contributed by atoms with van der Waals surface area (Å²) in [6, 6.07) is 10.4. The highest BCUT2D eigenvalue weighted by Gasteiger charge is 2.22. The summed E-state index contributed by atoms with van der Waals surface area (Å²) in [5.41, 5.74) is 4.90. The van der Waals surface area contributed by atoms with Crippen LogP contribution in [-0.2, 0) is 6.42 Å². The smallest absolute Gasteiger partial charge is 0.322 e. The number of H-pyrrole nitrogens is 1. The molecule has 29 heavy (non-hydrogen) atoms. The van der Waals surface area contributed by atoms with Crippen LogP contribution in [0.3, 0.4) is 0 Å². The van der Waals surface area contributed by atoms with E-state index in [2.05, 4.69) is 41.3 Å². The van der Waals surface area contributed by atoms with E-state index in [1.165, 1.54) is 23.3 Å². The lowest BCUT2D eigenvalue weighted by molar-refractivity contribution is 0.242. The second-order valence-electron chi connectivity index (χ2n) is 7.95. The quantitative estimate of drug-likeness (QED) is 0.638. The number of nitrogens with one attached hydrogen (secondary N) is 2. The zero-order chi connectivity index (χ0) is 20.4. The first-order valence-electron chi connectivity index (χ1n) is 10.3. The second kappa shape index (κ2) is 8.23. The topological polar surface area (TPSA) is 61.0 Å². The maximum atomic E-state index is 13.8. The van der Waals surface area contributed by atoms with E-state index in [-0.39, 0.29) is 17.9 Å². The van der Waals surface area contributed by atoms with E-state index < -0.39 is 0 Å². The molecule has 4 rings (SSSR count). The summed E-state index contributed by atoms with van der Waals surface area (Å²) < 4.78 is 13.8. The average molecular weight is 394 g/mol. The van der Waals surface area contributed by atoms with Crippen LogP contribution >= 0.6 is 0 Å². The van der Waals surface area contributed by atoms with Crippen LogP contribution in [0.1, 0.15) is 42.6 Å². The number of carbonyl (C=O) groups excluding carboxylic acids is 1. The molecule has 0 aliphatic heterocycles. The van der Waals surface area contributed by atoms with Crippen molar-refractivity contribution in [2.75, 3.05) is 11.4 Å². The average Bonchev–Trinajstić information content (AvgIpc) is 3.32. The van der Waals surface area contributed by atoms with Gasteiger partial charge in [0, 0.05) is 24.7 Å². The van der Waals surface area contributed by atoms with E-state index in [4.69, 9.17) is 0 Å². The van der Waals surface area contributed by atoms with Crippen molar-refractivity contribution in [3.8, 4) is 0 Å². The van der Waals surface area contributed by atoms with Gasteiger partial charge in [-0.05, 0) is 68.1 Å². The predicted molar refractivity (Wildman–Crippen MR) is 114 cm³/mol. The molecule has 5 nitrogen and oxygen atoms in total. The number of urea groups is 1. The number of aromatic nitrogens is 2. The minimum atomic E-state index is -0.351. The Bertz CT molecular complexity index is 984. The van der Waals surface area contributed by atoms with E-state index in [0.717, 1.165) is 42.5 Å². The van der Waals surface area contributed by atoms with E-state index in [0.29, 0.717) is 18.7 Å². The Morgan fingerprint density at radius 3 is 2.72 bits per heavy atom. The Hall–Kier alpha value is -2.89. The van der Waals surface area contributed by atoms with Crippen molar-refractivity contribution in [3.63, 3.8) is 0 Å². The molecular formula is C23H27FN4O. The van der Waals surface area contributed by atoms with Gasteiger partial charge in [0.15, 0.2) is 0 Å². The first-order valence-corrected chi connectivity index (χ1v) is 10.3. The summed E-state index contributed by atoms with van der Waals surface area (Å²) in [7, 11) is 0. The van der Waals surface area contributed by atoms with Crippen LogP contribution in [0.4, 0.5) is 14.9 Å². The number of fused-ring (bicyclic) bond motifs is 1. The van der Waals surface area contributed by atoms with Crippen molar-refractivity contribution < 1.29 is 9.18 Å². The normalized spacial score (nSPS) is 14.4. The van der Waals surface area contributed by atoms with Crippen LogP contribution < -0.4 is 10.2 Å². The highest BCUT2D eigenvalue weighted by Crippen LogP contribution is 2.21. The molecule has 1 aliphatic carbocycles. The van der Waals surface area contributed by atoms with Gasteiger partial charge in [-0.25, -0.2) is 14.2 Å². The van der Waals surface area contributed by atoms with Crippen molar-refractivity contribution in [1.29, 1.82) is 0 Å². The lowest BCUT2D eigenvalue weighted by atomic mass is 10.1. The van der Waals surface area contributed by atoms with Gasteiger partial charge in [0.25, 0.3) is 0 Å². The van der Waals surface area contributed by atoms with Gasteiger partial charge >= 0.3 is 6.03 Å². The minimum Gasteiger partial charge on any atom is -0.342 e. The molecule has 1 heterocycles. The predicted octanol–water partition coefficient (Wildman–Crippen LogP) is 5.02. The van der Waals surface area contributed by atoms with E-state index >= 15 is 0 Å². The number of nitrogens with zero attached hydrogens (tertiary/aromatic N) is 2. The molecule has 0 spiro atoms. The molecule has 1 aromatic heterocycles. The molecule has 6 heteroatoms. The van der Waals surface area contributed by atoms with E-state index in [1.54, 1.807) is 17.0 Å². The number of rotatable bonds is 5. The van der Waals surface area contributed by atoms with Crippen molar-refractivity contribution in [3.05, 3.63) is 59.2 Å². The van der Waals surface area contributed by atoms with Gasteiger partial charge in [0.05, 0.1) is 11.0 Å². The molecule has 0 atom stereocenters. The minimum absolute atomic E-state index is 0.176. The monoisotopic (exact) mass is 394 g/mol. The van der Waals surface area contributed by atoms with Gasteiger partial charge in [-0.3, -0.25) is 4.90 Å². The number of anilines is 1. The first-order chi connectivity index (χ1) is 14.0. The summed E-state index contributed by atoms with van der Waals surface area (Å²) in [5, 5.41) is 3.11. The summed E-state index contributed by atoms with van der Waals surface area (Å²) in [5.74, 6) is 0.468. The van der Waals surface area contributed by atoms with Crippen molar-refractivity contribution in [1.82, 2.24) is 15.3 Å². The van der Waals surface area contributed by atoms with Crippen LogP contribution in [0.15, 0.2) is 36.4 Å². The molecule has 1 aliphatic rings. The Morgan fingerprint density at radius 1 is 1.21 bits per heavy atom. The first kappa shape index (κ1) is 19.4. The van der Waals surface area contributed by atoms with Gasteiger partial charge in [-0.15, -0.1) is 0 Å². The molecule has 0 bridgehead atoms. The van der Waals surface area contributed by atoms with E-state index in [1.807, 2.05) is 0 Å². The van der Waals surface area contributed by atoms with Crippen LogP contribution in [0.2, 0.25) is 0 Å². The Kier molecular flexibility index (Phi) is 5.51. The van der Waals surface area contributed by atoms with Crippen LogP contribution in [0, 0.1) is 19.7 Å². The third-order valence-corrected chi connectivity index (χ3v) is 5.77. The zero-order valence-electron chi connectivity index (χ0n) is 17.0. The number of halogens is 1. The summed E-state index contributed by atoms with van der Waals surface area (Å²) in [6.45, 7) is 4.57. The van der Waals surface area contributed by atoms with Crippen LogP contribution in [-0.4, -0.2) is 28.6 Å². The van der Waals surface area contributed by atoms with Crippen molar-refractivity contribution >= 4 is 22.8 Å². The van der Waals surface area contributed by atoms with Gasteiger partial charge in [-0.1, -0.05) is 18.9 Å². The number of hydrogen-bond acceptors (Lipinski definition) is 2. The van der Waals surface area contributed by atoms with Gasteiger partial charge < -0.3 is 10.3 Å². The number of benzene rings is 2. The number of hydrogen-bond donors (Lipinski definition) is 2. The number of aromatic amines is 1. The summed E-state index contributed by atoms with van der Waals surface area (Å²) in [6.07, 6.45) is 4.85. The van der Waals surface area contributed by atoms with Gasteiger partial charge in [0.2, 0.25) is 0 Å². The molecule has 3 aromatic rings. The van der Waals surface area contributed by atoms with Gasteiger partial charge in [0.1, 0.15) is 11.6 Å². The molecule has 0 radical (unpaired) electrons. The third-order valence-electron chi connectivity index (χ3n) is 5.77. The molecule has 0 unspecified atom stereocenters. The lowest BCUT2D eigenvalue weighted by Gasteiger charge is -2.25. The summed E-state index contributed by atoms with van der Waals surface area (Å²) >= 11 is 0. The number of aryl methyl sites for hydroxylation is 2. The van der Waals surface area contributed by atoms with E-state index in [9.17, 15) is 9.18 Å². The summed E-state index contributed by atoms with van der Waals surface area (Å²) in [4.78, 5) is 22.6. The molecule has 0 saturated heterocycles.